The first kappa shape index (κ1) is 32.5. The number of piperidine rings is 1. The van der Waals surface area contributed by atoms with Gasteiger partial charge in [-0.3, -0.25) is 4.90 Å². The smallest absolute Gasteiger partial charge is 0.367 e. The Morgan fingerprint density at radius 2 is 1.68 bits per heavy atom. The average Bonchev–Trinajstić information content (AvgIpc) is 3.22. The summed E-state index contributed by atoms with van der Waals surface area (Å²) >= 11 is 0. The van der Waals surface area contributed by atoms with E-state index in [2.05, 4.69) is 11.8 Å². The van der Waals surface area contributed by atoms with Crippen molar-refractivity contribution in [2.45, 2.75) is 88.3 Å². The second kappa shape index (κ2) is 11.2. The molecule has 0 aliphatic carbocycles. The van der Waals surface area contributed by atoms with Gasteiger partial charge in [0.15, 0.2) is 6.29 Å². The highest BCUT2D eigenvalue weighted by Gasteiger charge is 2.58. The number of rotatable bonds is 3. The molecule has 0 aromatic heterocycles. The Balaban J connectivity index is 1.49. The number of carbonyl (C=O) groups excluding carboxylic acids is 1. The number of hydrogen-bond acceptors (Lipinski definition) is 4. The molecule has 1 spiro atoms. The number of carbonyl (C=O) groups is 1. The number of halogens is 7. The average molecular weight is 632 g/mol. The van der Waals surface area contributed by atoms with E-state index in [4.69, 9.17) is 4.74 Å². The molecule has 3 fully saturated rings. The van der Waals surface area contributed by atoms with Gasteiger partial charge in [-0.05, 0) is 93.5 Å². The van der Waals surface area contributed by atoms with Gasteiger partial charge in [0.2, 0.25) is 0 Å². The van der Waals surface area contributed by atoms with Crippen LogP contribution in [0.1, 0.15) is 79.4 Å². The van der Waals surface area contributed by atoms with Gasteiger partial charge in [-0.2, -0.15) is 26.3 Å². The van der Waals surface area contributed by atoms with Crippen molar-refractivity contribution in [3.05, 3.63) is 70.0 Å². The molecule has 3 aliphatic heterocycles. The molecule has 2 aromatic rings. The lowest BCUT2D eigenvalue weighted by molar-refractivity contribution is -0.202. The predicted molar refractivity (Wildman–Crippen MR) is 147 cm³/mol. The first-order valence-electron chi connectivity index (χ1n) is 14.5. The van der Waals surface area contributed by atoms with E-state index in [9.17, 15) is 40.6 Å². The van der Waals surface area contributed by atoms with Gasteiger partial charge in [-0.25, -0.2) is 9.18 Å². The molecule has 1 N–H and O–H groups in total. The van der Waals surface area contributed by atoms with Crippen molar-refractivity contribution in [3.63, 3.8) is 0 Å². The molecule has 242 valence electrons. The zero-order chi connectivity index (χ0) is 32.4. The molecular formula is C31H36F7N3O3. The van der Waals surface area contributed by atoms with Crippen LogP contribution in [0.15, 0.2) is 36.4 Å². The summed E-state index contributed by atoms with van der Waals surface area (Å²) < 4.78 is 101. The van der Waals surface area contributed by atoms with E-state index in [-0.39, 0.29) is 30.3 Å². The fraction of sp³-hybridized carbons (Fsp3) is 0.581. The highest BCUT2D eigenvalue weighted by molar-refractivity contribution is 5.75. The normalized spacial score (nSPS) is 28.7. The lowest BCUT2D eigenvalue weighted by Crippen LogP contribution is -2.64. The third kappa shape index (κ3) is 5.90. The third-order valence-corrected chi connectivity index (χ3v) is 9.86. The van der Waals surface area contributed by atoms with Crippen LogP contribution in [-0.4, -0.2) is 69.9 Å². The van der Waals surface area contributed by atoms with Gasteiger partial charge in [-0.1, -0.05) is 6.07 Å². The molecule has 0 radical (unpaired) electrons. The summed E-state index contributed by atoms with van der Waals surface area (Å²) in [5, 5.41) is 10.3. The van der Waals surface area contributed by atoms with Gasteiger partial charge in [-0.15, -0.1) is 0 Å². The van der Waals surface area contributed by atoms with E-state index in [1.54, 1.807) is 17.9 Å². The van der Waals surface area contributed by atoms with Gasteiger partial charge < -0.3 is 19.6 Å². The zero-order valence-electron chi connectivity index (χ0n) is 24.9. The van der Waals surface area contributed by atoms with E-state index in [1.807, 2.05) is 0 Å². The monoisotopic (exact) mass is 631 g/mol. The maximum absolute atomic E-state index is 14.1. The van der Waals surface area contributed by atoms with Gasteiger partial charge >= 0.3 is 18.4 Å². The second-order valence-corrected chi connectivity index (χ2v) is 12.7. The Morgan fingerprint density at radius 1 is 1.05 bits per heavy atom. The molecule has 3 heterocycles. The highest BCUT2D eigenvalue weighted by Crippen LogP contribution is 2.53. The van der Waals surface area contributed by atoms with E-state index in [1.165, 1.54) is 26.1 Å². The number of hydrogen-bond donors (Lipinski definition) is 1. The number of urea groups is 1. The SMILES string of the molecule is Cc1cc(F)ccc1[C@H]1C[C@@]2(CCN1C(=O)N(C)[C@H](C)c1cc(C(F)(F)F)cc(C(F)(F)F)c1)CC[C@@]1(C)COC(O)CN12. The van der Waals surface area contributed by atoms with Crippen LogP contribution in [0, 0.1) is 12.7 Å². The van der Waals surface area contributed by atoms with Crippen molar-refractivity contribution in [2.24, 2.45) is 0 Å². The molecule has 0 saturated carbocycles. The first-order chi connectivity index (χ1) is 20.3. The number of morpholine rings is 1. The zero-order valence-corrected chi connectivity index (χ0v) is 24.9. The molecule has 2 aromatic carbocycles. The Labute approximate surface area is 251 Å². The molecule has 5 rings (SSSR count). The molecule has 3 saturated heterocycles. The first-order valence-corrected chi connectivity index (χ1v) is 14.5. The van der Waals surface area contributed by atoms with Crippen molar-refractivity contribution < 1.29 is 45.4 Å². The maximum Gasteiger partial charge on any atom is 0.416 e. The quantitative estimate of drug-likeness (QED) is 0.369. The van der Waals surface area contributed by atoms with Crippen LogP contribution in [0.3, 0.4) is 0 Å². The number of likely N-dealkylation sites (tertiary alicyclic amines) is 1. The van der Waals surface area contributed by atoms with Crippen molar-refractivity contribution in [1.29, 1.82) is 0 Å². The fourth-order valence-electron chi connectivity index (χ4n) is 7.25. The number of ether oxygens (including phenoxy) is 1. The number of aryl methyl sites for hydroxylation is 1. The van der Waals surface area contributed by atoms with E-state index < -0.39 is 59.2 Å². The van der Waals surface area contributed by atoms with Crippen molar-refractivity contribution in [1.82, 2.24) is 14.7 Å². The Hall–Kier alpha value is -2.90. The lowest BCUT2D eigenvalue weighted by Gasteiger charge is -2.54. The van der Waals surface area contributed by atoms with Crippen LogP contribution in [-0.2, 0) is 17.1 Å². The molecule has 13 heteroatoms. The molecule has 44 heavy (non-hydrogen) atoms. The Bertz CT molecular complexity index is 1380. The third-order valence-electron chi connectivity index (χ3n) is 9.86. The Morgan fingerprint density at radius 3 is 2.27 bits per heavy atom. The summed E-state index contributed by atoms with van der Waals surface area (Å²) in [6.45, 7) is 6.05. The summed E-state index contributed by atoms with van der Waals surface area (Å²) in [7, 11) is 1.35. The van der Waals surface area contributed by atoms with Crippen LogP contribution in [0.4, 0.5) is 35.5 Å². The number of benzene rings is 2. The van der Waals surface area contributed by atoms with Crippen LogP contribution in [0.2, 0.25) is 0 Å². The molecule has 3 aliphatic rings. The van der Waals surface area contributed by atoms with Gasteiger partial charge in [0, 0.05) is 24.7 Å². The van der Waals surface area contributed by atoms with Crippen molar-refractivity contribution in [2.75, 3.05) is 26.7 Å². The predicted octanol–water partition coefficient (Wildman–Crippen LogP) is 7.06. The largest absolute Gasteiger partial charge is 0.416 e. The van der Waals surface area contributed by atoms with E-state index in [0.717, 1.165) is 17.7 Å². The lowest BCUT2D eigenvalue weighted by atomic mass is 9.78. The summed E-state index contributed by atoms with van der Waals surface area (Å²) in [6, 6.07) is 3.34. The number of aliphatic hydroxyl groups is 1. The van der Waals surface area contributed by atoms with Crippen LogP contribution >= 0.6 is 0 Å². The standard InChI is InChI=1S/C31H36F7N3O3/c1-18-11-23(32)5-6-24(18)25-15-29(8-7-28(3)17-44-26(42)16-41(28)29)9-10-40(25)27(43)39(4)19(2)20-12-21(30(33,34)35)14-22(13-20)31(36,37)38/h5-6,11-14,19,25-26,42H,7-10,15-17H2,1-4H3/t19-,25-,26?,28+,29+/m1/s1. The van der Waals surface area contributed by atoms with Gasteiger partial charge in [0.1, 0.15) is 5.82 Å². The second-order valence-electron chi connectivity index (χ2n) is 12.7. The molecule has 1 unspecified atom stereocenters. The topological polar surface area (TPSA) is 56.3 Å². The molecule has 0 bridgehead atoms. The number of fused-ring (bicyclic) bond motifs is 2. The van der Waals surface area contributed by atoms with E-state index in [0.29, 0.717) is 42.7 Å². The summed E-state index contributed by atoms with van der Waals surface area (Å²) in [5.74, 6) is -0.449. The number of alkyl halides is 6. The molecule has 2 amide bonds. The van der Waals surface area contributed by atoms with Crippen molar-refractivity contribution in [3.8, 4) is 0 Å². The molecule has 5 atom stereocenters. The number of amides is 2. The summed E-state index contributed by atoms with van der Waals surface area (Å²) in [4.78, 5) is 19.1. The van der Waals surface area contributed by atoms with Gasteiger partial charge in [0.05, 0.1) is 36.4 Å². The maximum atomic E-state index is 14.1. The highest BCUT2D eigenvalue weighted by atomic mass is 19.4. The van der Waals surface area contributed by atoms with Crippen LogP contribution in [0.5, 0.6) is 0 Å². The summed E-state index contributed by atoms with van der Waals surface area (Å²) in [5.41, 5.74) is -2.64. The minimum absolute atomic E-state index is 0.0629. The van der Waals surface area contributed by atoms with Crippen LogP contribution in [0.25, 0.3) is 0 Å². The van der Waals surface area contributed by atoms with Crippen LogP contribution < -0.4 is 0 Å². The number of β-amino-alcohol motifs (C(OH)–C–C–N with tert-alkyl or cyclic N) is 1. The van der Waals surface area contributed by atoms with E-state index >= 15 is 0 Å². The Kier molecular flexibility index (Phi) is 8.24. The van der Waals surface area contributed by atoms with Crippen molar-refractivity contribution >= 4 is 6.03 Å². The minimum atomic E-state index is -5.02. The van der Waals surface area contributed by atoms with Gasteiger partial charge in [0.25, 0.3) is 0 Å². The molecule has 6 nitrogen and oxygen atoms in total. The fourth-order valence-corrected chi connectivity index (χ4v) is 7.25. The molecular weight excluding hydrogens is 595 g/mol. The number of nitrogens with zero attached hydrogens (tertiary/aromatic N) is 3. The summed E-state index contributed by atoms with van der Waals surface area (Å²) in [6.07, 6.45) is -8.46. The minimum Gasteiger partial charge on any atom is -0.367 e. The number of aliphatic hydroxyl groups excluding tert-OH is 1.